The molecule has 0 spiro atoms. The lowest BCUT2D eigenvalue weighted by molar-refractivity contribution is -0.153. The number of anilines is 1. The molecule has 5 aliphatic rings. The number of carbonyl (C=O) groups is 3. The highest BCUT2D eigenvalue weighted by Gasteiger charge is 2.69. The van der Waals surface area contributed by atoms with E-state index in [2.05, 4.69) is 10.6 Å². The highest BCUT2D eigenvalue weighted by atomic mass is 35.5. The molecule has 3 atom stereocenters. The van der Waals surface area contributed by atoms with E-state index in [4.69, 9.17) is 21.1 Å². The highest BCUT2D eigenvalue weighted by molar-refractivity contribution is 6.31. The third-order valence-electron chi connectivity index (χ3n) is 7.75. The number of hydrogen-bond donors (Lipinski definition) is 2. The number of halogens is 3. The van der Waals surface area contributed by atoms with Crippen molar-refractivity contribution in [1.82, 2.24) is 10.6 Å². The van der Waals surface area contributed by atoms with Crippen molar-refractivity contribution in [2.24, 2.45) is 5.92 Å². The van der Waals surface area contributed by atoms with Gasteiger partial charge in [0.25, 0.3) is 11.8 Å². The van der Waals surface area contributed by atoms with E-state index in [0.29, 0.717) is 41.3 Å². The Labute approximate surface area is 222 Å². The van der Waals surface area contributed by atoms with Crippen molar-refractivity contribution >= 4 is 35.0 Å². The summed E-state index contributed by atoms with van der Waals surface area (Å²) in [5, 5.41) is 6.38. The van der Waals surface area contributed by atoms with Crippen molar-refractivity contribution in [2.75, 3.05) is 18.1 Å². The van der Waals surface area contributed by atoms with E-state index in [1.54, 1.807) is 37.3 Å². The number of alkyl halides is 1. The van der Waals surface area contributed by atoms with Crippen LogP contribution in [0.15, 0.2) is 36.4 Å². The number of fused-ring (bicyclic) bond motifs is 1. The van der Waals surface area contributed by atoms with Crippen LogP contribution >= 0.6 is 11.6 Å². The number of benzene rings is 2. The molecular formula is C27H26ClF2N3O5. The second-order valence-electron chi connectivity index (χ2n) is 10.9. The van der Waals surface area contributed by atoms with Crippen LogP contribution in [0.3, 0.4) is 0 Å². The molecule has 0 radical (unpaired) electrons. The zero-order valence-corrected chi connectivity index (χ0v) is 21.3. The molecule has 7 rings (SSSR count). The molecule has 11 heteroatoms. The van der Waals surface area contributed by atoms with Gasteiger partial charge in [0.05, 0.1) is 18.2 Å². The Morgan fingerprint density at radius 1 is 1.13 bits per heavy atom. The van der Waals surface area contributed by atoms with Gasteiger partial charge < -0.3 is 25.0 Å². The molecule has 4 aliphatic carbocycles. The monoisotopic (exact) mass is 545 g/mol. The van der Waals surface area contributed by atoms with Crippen molar-refractivity contribution in [3.63, 3.8) is 0 Å². The number of hydrogen-bond acceptors (Lipinski definition) is 5. The van der Waals surface area contributed by atoms with Gasteiger partial charge in [-0.3, -0.25) is 14.4 Å². The molecule has 4 fully saturated rings. The molecule has 3 amide bonds. The van der Waals surface area contributed by atoms with Gasteiger partial charge in [-0.05, 0) is 62.4 Å². The van der Waals surface area contributed by atoms with E-state index in [9.17, 15) is 23.2 Å². The first-order valence-corrected chi connectivity index (χ1v) is 12.9. The SMILES string of the molecule is Cc1ccc(OCC(=O)NC23CC(NC(=O)C4CN(C(=O)[C@H]5C[C@@H]5F)c5cc(Cl)ccc5O4)(C2)C3)cc1F. The number of nitrogens with one attached hydrogen (secondary N) is 2. The third-order valence-corrected chi connectivity index (χ3v) is 7.99. The van der Waals surface area contributed by atoms with Gasteiger partial charge in [0, 0.05) is 22.2 Å². The van der Waals surface area contributed by atoms with Crippen LogP contribution in [-0.2, 0) is 14.4 Å². The summed E-state index contributed by atoms with van der Waals surface area (Å²) in [5.74, 6) is -1.58. The van der Waals surface area contributed by atoms with Crippen molar-refractivity contribution in [1.29, 1.82) is 0 Å². The summed E-state index contributed by atoms with van der Waals surface area (Å²) in [7, 11) is 0. The minimum atomic E-state index is -1.17. The van der Waals surface area contributed by atoms with E-state index in [1.807, 2.05) is 0 Å². The summed E-state index contributed by atoms with van der Waals surface area (Å²) in [5.41, 5.74) is 0.0524. The molecular weight excluding hydrogens is 520 g/mol. The van der Waals surface area contributed by atoms with E-state index < -0.39 is 35.1 Å². The van der Waals surface area contributed by atoms with Crippen molar-refractivity contribution in [3.05, 3.63) is 52.8 Å². The molecule has 200 valence electrons. The molecule has 2 aromatic carbocycles. The molecule has 2 bridgehead atoms. The van der Waals surface area contributed by atoms with Gasteiger partial charge in [-0.15, -0.1) is 0 Å². The smallest absolute Gasteiger partial charge is 0.263 e. The zero-order chi connectivity index (χ0) is 26.8. The summed E-state index contributed by atoms with van der Waals surface area (Å²) in [6.45, 7) is 1.35. The van der Waals surface area contributed by atoms with Crippen LogP contribution < -0.4 is 25.0 Å². The Morgan fingerprint density at radius 3 is 2.53 bits per heavy atom. The van der Waals surface area contributed by atoms with Crippen LogP contribution in [0.5, 0.6) is 11.5 Å². The largest absolute Gasteiger partial charge is 0.484 e. The first kappa shape index (κ1) is 24.9. The minimum absolute atomic E-state index is 0.0455. The summed E-state index contributed by atoms with van der Waals surface area (Å²) >= 11 is 6.10. The topological polar surface area (TPSA) is 97.0 Å². The standard InChI is InChI=1S/C27H26ClF2N3O5/c1-14-2-4-16(7-18(14)29)37-10-23(34)31-26-11-27(12-26,13-26)32-24(35)22-9-33(25(36)17-8-19(17)30)20-6-15(28)3-5-21(20)38-22/h2-7,17,19,22H,8-13H2,1H3,(H,31,34)(H,32,35)/t17-,19-,22?,26?,27?/m0/s1. The molecule has 4 saturated carbocycles. The number of aryl methyl sites for hydroxylation is 1. The van der Waals surface area contributed by atoms with Gasteiger partial charge in [0.2, 0.25) is 5.91 Å². The lowest BCUT2D eigenvalue weighted by atomic mass is 9.44. The van der Waals surface area contributed by atoms with E-state index in [-0.39, 0.29) is 43.0 Å². The maximum absolute atomic E-state index is 13.7. The molecule has 1 heterocycles. The van der Waals surface area contributed by atoms with E-state index in [0.717, 1.165) is 0 Å². The molecule has 1 aliphatic heterocycles. The fourth-order valence-electron chi connectivity index (χ4n) is 5.76. The Morgan fingerprint density at radius 2 is 1.84 bits per heavy atom. The summed E-state index contributed by atoms with van der Waals surface area (Å²) < 4.78 is 38.6. The van der Waals surface area contributed by atoms with Gasteiger partial charge >= 0.3 is 0 Å². The number of carbonyl (C=O) groups excluding carboxylic acids is 3. The zero-order valence-electron chi connectivity index (χ0n) is 20.6. The van der Waals surface area contributed by atoms with Crippen molar-refractivity contribution < 1.29 is 32.6 Å². The van der Waals surface area contributed by atoms with Gasteiger partial charge in [-0.2, -0.15) is 0 Å². The first-order chi connectivity index (χ1) is 18.1. The molecule has 1 unspecified atom stereocenters. The Kier molecular flexibility index (Phi) is 5.79. The normalized spacial score (nSPS) is 30.1. The maximum Gasteiger partial charge on any atom is 0.263 e. The highest BCUT2D eigenvalue weighted by Crippen LogP contribution is 2.60. The van der Waals surface area contributed by atoms with Crippen LogP contribution in [0, 0.1) is 18.7 Å². The number of ether oxygens (including phenoxy) is 2. The van der Waals surface area contributed by atoms with Crippen LogP contribution in [0.2, 0.25) is 5.02 Å². The van der Waals surface area contributed by atoms with E-state index >= 15 is 0 Å². The van der Waals surface area contributed by atoms with Gasteiger partial charge in [0.15, 0.2) is 12.7 Å². The summed E-state index contributed by atoms with van der Waals surface area (Å²) in [4.78, 5) is 39.8. The number of nitrogens with zero attached hydrogens (tertiary/aromatic N) is 1. The van der Waals surface area contributed by atoms with E-state index in [1.165, 1.54) is 11.0 Å². The predicted molar refractivity (Wildman–Crippen MR) is 133 cm³/mol. The van der Waals surface area contributed by atoms with Gasteiger partial charge in [-0.1, -0.05) is 17.7 Å². The number of amides is 3. The quantitative estimate of drug-likeness (QED) is 0.557. The van der Waals surface area contributed by atoms with Crippen LogP contribution in [0.1, 0.15) is 31.2 Å². The minimum Gasteiger partial charge on any atom is -0.484 e. The molecule has 0 saturated heterocycles. The second-order valence-corrected chi connectivity index (χ2v) is 11.3. The first-order valence-electron chi connectivity index (χ1n) is 12.5. The van der Waals surface area contributed by atoms with Crippen molar-refractivity contribution in [2.45, 2.75) is 56.0 Å². The lowest BCUT2D eigenvalue weighted by Crippen LogP contribution is -2.84. The lowest BCUT2D eigenvalue weighted by Gasteiger charge is -2.70. The van der Waals surface area contributed by atoms with Gasteiger partial charge in [-0.25, -0.2) is 8.78 Å². The summed E-state index contributed by atoms with van der Waals surface area (Å²) in [6.07, 6.45) is -0.285. The molecule has 38 heavy (non-hydrogen) atoms. The molecule has 8 nitrogen and oxygen atoms in total. The average Bonchev–Trinajstić information content (AvgIpc) is 3.57. The fraction of sp³-hybridized carbons (Fsp3) is 0.444. The maximum atomic E-state index is 13.7. The molecule has 2 N–H and O–H groups in total. The van der Waals surface area contributed by atoms with Crippen molar-refractivity contribution in [3.8, 4) is 11.5 Å². The Hall–Kier alpha value is -3.40. The average molecular weight is 546 g/mol. The molecule has 2 aromatic rings. The van der Waals surface area contributed by atoms with Gasteiger partial charge in [0.1, 0.15) is 23.5 Å². The van der Waals surface area contributed by atoms with Crippen LogP contribution in [-0.4, -0.2) is 54.2 Å². The number of rotatable bonds is 7. The Balaban J connectivity index is 1.03. The van der Waals surface area contributed by atoms with Crippen LogP contribution in [0.25, 0.3) is 0 Å². The molecule has 0 aromatic heterocycles. The predicted octanol–water partition coefficient (Wildman–Crippen LogP) is 3.23. The fourth-order valence-corrected chi connectivity index (χ4v) is 5.93. The third kappa shape index (κ3) is 4.44. The van der Waals surface area contributed by atoms with Crippen LogP contribution in [0.4, 0.5) is 14.5 Å². The second kappa shape index (κ2) is 8.83. The summed E-state index contributed by atoms with van der Waals surface area (Å²) in [6, 6.07) is 9.20. The Bertz CT molecular complexity index is 1330.